The van der Waals surface area contributed by atoms with Crippen molar-refractivity contribution in [3.8, 4) is 11.5 Å². The Balaban J connectivity index is 2.50. The van der Waals surface area contributed by atoms with Crippen molar-refractivity contribution < 1.29 is 20.1 Å². The Bertz CT molecular complexity index is 675. The summed E-state index contributed by atoms with van der Waals surface area (Å²) in [5, 5.41) is 28.2. The monoisotopic (exact) mass is 271 g/mol. The average molecular weight is 271 g/mol. The first-order chi connectivity index (χ1) is 9.47. The van der Waals surface area contributed by atoms with Crippen molar-refractivity contribution >= 4 is 23.3 Å². The van der Waals surface area contributed by atoms with Crippen LogP contribution in [0.5, 0.6) is 11.5 Å². The summed E-state index contributed by atoms with van der Waals surface area (Å²) in [5.74, 6) is -1.41. The first-order valence-electron chi connectivity index (χ1n) is 5.80. The van der Waals surface area contributed by atoms with Crippen LogP contribution in [0.15, 0.2) is 42.5 Å². The van der Waals surface area contributed by atoms with Crippen LogP contribution in [0.1, 0.15) is 11.1 Å². The second-order valence-electron chi connectivity index (χ2n) is 4.23. The van der Waals surface area contributed by atoms with Gasteiger partial charge in [-0.3, -0.25) is 0 Å². The van der Waals surface area contributed by atoms with E-state index in [0.29, 0.717) is 16.8 Å². The molecule has 102 valence electrons. The van der Waals surface area contributed by atoms with Crippen molar-refractivity contribution in [1.29, 1.82) is 0 Å². The molecule has 0 aliphatic heterocycles. The number of phenols is 2. The molecule has 0 unspecified atom stereocenters. The maximum atomic E-state index is 11.3. The molecule has 5 heteroatoms. The van der Waals surface area contributed by atoms with Gasteiger partial charge in [-0.2, -0.15) is 0 Å². The second kappa shape index (κ2) is 5.36. The highest BCUT2D eigenvalue weighted by molar-refractivity contribution is 6.20. The summed E-state index contributed by atoms with van der Waals surface area (Å²) in [6, 6.07) is 10.3. The van der Waals surface area contributed by atoms with Crippen LogP contribution >= 0.6 is 0 Å². The standard InChI is InChI=1S/C15H13NO4/c16-11-4-1-9(2-5-11)13(15(19)20)7-10-3-6-12(17)8-14(10)18/h1-8,17-18H,16H2,(H,19,20)/b13-7-. The van der Waals surface area contributed by atoms with E-state index in [-0.39, 0.29) is 17.1 Å². The topological polar surface area (TPSA) is 104 Å². The van der Waals surface area contributed by atoms with E-state index in [4.69, 9.17) is 5.73 Å². The van der Waals surface area contributed by atoms with Crippen LogP contribution in [-0.2, 0) is 4.79 Å². The molecular weight excluding hydrogens is 258 g/mol. The maximum Gasteiger partial charge on any atom is 0.336 e. The fourth-order valence-corrected chi connectivity index (χ4v) is 1.74. The van der Waals surface area contributed by atoms with E-state index in [1.807, 2.05) is 0 Å². The third-order valence-corrected chi connectivity index (χ3v) is 2.77. The highest BCUT2D eigenvalue weighted by Gasteiger charge is 2.11. The molecule has 2 rings (SSSR count). The lowest BCUT2D eigenvalue weighted by atomic mass is 10.0. The normalized spacial score (nSPS) is 11.3. The zero-order valence-electron chi connectivity index (χ0n) is 10.4. The summed E-state index contributed by atoms with van der Waals surface area (Å²) in [5.41, 5.74) is 6.89. The Morgan fingerprint density at radius 1 is 1.05 bits per heavy atom. The zero-order valence-corrected chi connectivity index (χ0v) is 10.4. The van der Waals surface area contributed by atoms with Crippen LogP contribution in [-0.4, -0.2) is 21.3 Å². The largest absolute Gasteiger partial charge is 0.508 e. The van der Waals surface area contributed by atoms with Gasteiger partial charge in [0, 0.05) is 17.3 Å². The molecule has 0 heterocycles. The van der Waals surface area contributed by atoms with Gasteiger partial charge in [0.15, 0.2) is 0 Å². The summed E-state index contributed by atoms with van der Waals surface area (Å²) in [6.07, 6.45) is 1.34. The van der Waals surface area contributed by atoms with Crippen molar-refractivity contribution in [2.75, 3.05) is 5.73 Å². The van der Waals surface area contributed by atoms with Gasteiger partial charge in [0.25, 0.3) is 0 Å². The molecule has 0 saturated heterocycles. The highest BCUT2D eigenvalue weighted by Crippen LogP contribution is 2.27. The lowest BCUT2D eigenvalue weighted by molar-refractivity contribution is -0.130. The third-order valence-electron chi connectivity index (χ3n) is 2.77. The molecule has 2 aromatic rings. The van der Waals surface area contributed by atoms with Gasteiger partial charge < -0.3 is 21.1 Å². The Labute approximate surface area is 115 Å². The van der Waals surface area contributed by atoms with Crippen LogP contribution in [0, 0.1) is 0 Å². The third kappa shape index (κ3) is 2.89. The smallest absolute Gasteiger partial charge is 0.336 e. The Hall–Kier alpha value is -2.95. The molecule has 0 saturated carbocycles. The van der Waals surface area contributed by atoms with Gasteiger partial charge in [0.2, 0.25) is 0 Å². The fraction of sp³-hybridized carbons (Fsp3) is 0. The van der Waals surface area contributed by atoms with E-state index < -0.39 is 5.97 Å². The van der Waals surface area contributed by atoms with E-state index in [0.717, 1.165) is 6.07 Å². The van der Waals surface area contributed by atoms with Crippen molar-refractivity contribution in [3.05, 3.63) is 53.6 Å². The number of carbonyl (C=O) groups is 1. The number of hydrogen-bond acceptors (Lipinski definition) is 4. The number of rotatable bonds is 3. The molecule has 20 heavy (non-hydrogen) atoms. The van der Waals surface area contributed by atoms with E-state index in [2.05, 4.69) is 0 Å². The zero-order chi connectivity index (χ0) is 14.7. The van der Waals surface area contributed by atoms with Crippen LogP contribution in [0.3, 0.4) is 0 Å². The van der Waals surface area contributed by atoms with Crippen molar-refractivity contribution in [2.45, 2.75) is 0 Å². The van der Waals surface area contributed by atoms with Gasteiger partial charge in [0.1, 0.15) is 11.5 Å². The number of benzene rings is 2. The predicted octanol–water partition coefficient (Wildman–Crippen LogP) is 2.31. The molecule has 2 aromatic carbocycles. The lowest BCUT2D eigenvalue weighted by Gasteiger charge is -2.05. The Morgan fingerprint density at radius 3 is 2.25 bits per heavy atom. The number of nitrogen functional groups attached to an aromatic ring is 1. The van der Waals surface area contributed by atoms with E-state index >= 15 is 0 Å². The molecule has 0 fully saturated rings. The Morgan fingerprint density at radius 2 is 1.70 bits per heavy atom. The second-order valence-corrected chi connectivity index (χ2v) is 4.23. The number of carboxylic acids is 1. The number of carboxylic acid groups (broad SMARTS) is 1. The van der Waals surface area contributed by atoms with Gasteiger partial charge in [-0.15, -0.1) is 0 Å². The number of nitrogens with two attached hydrogens (primary N) is 1. The number of aromatic hydroxyl groups is 2. The van der Waals surface area contributed by atoms with E-state index in [9.17, 15) is 20.1 Å². The van der Waals surface area contributed by atoms with Gasteiger partial charge >= 0.3 is 5.97 Å². The van der Waals surface area contributed by atoms with Crippen LogP contribution in [0.25, 0.3) is 11.6 Å². The summed E-state index contributed by atoms with van der Waals surface area (Å²) in [6.45, 7) is 0. The van der Waals surface area contributed by atoms with Crippen molar-refractivity contribution in [1.82, 2.24) is 0 Å². The minimum atomic E-state index is -1.12. The predicted molar refractivity (Wildman–Crippen MR) is 76.1 cm³/mol. The quantitative estimate of drug-likeness (QED) is 0.389. The van der Waals surface area contributed by atoms with Crippen LogP contribution in [0.4, 0.5) is 5.69 Å². The first kappa shape index (κ1) is 13.5. The van der Waals surface area contributed by atoms with Crippen LogP contribution in [0.2, 0.25) is 0 Å². The minimum Gasteiger partial charge on any atom is -0.508 e. The fourth-order valence-electron chi connectivity index (χ4n) is 1.74. The summed E-state index contributed by atoms with van der Waals surface area (Å²) in [7, 11) is 0. The molecule has 0 atom stereocenters. The lowest BCUT2D eigenvalue weighted by Crippen LogP contribution is -2.00. The maximum absolute atomic E-state index is 11.3. The number of anilines is 1. The first-order valence-corrected chi connectivity index (χ1v) is 5.80. The number of aliphatic carboxylic acids is 1. The molecule has 0 radical (unpaired) electrons. The number of phenolic OH excluding ortho intramolecular Hbond substituents is 2. The molecule has 0 bridgehead atoms. The van der Waals surface area contributed by atoms with Crippen molar-refractivity contribution in [3.63, 3.8) is 0 Å². The Kier molecular flexibility index (Phi) is 3.61. The van der Waals surface area contributed by atoms with Gasteiger partial charge in [-0.1, -0.05) is 12.1 Å². The molecule has 5 nitrogen and oxygen atoms in total. The number of hydrogen-bond donors (Lipinski definition) is 4. The summed E-state index contributed by atoms with van der Waals surface area (Å²) < 4.78 is 0. The molecule has 0 aromatic heterocycles. The minimum absolute atomic E-state index is 0.0194. The molecule has 0 spiro atoms. The highest BCUT2D eigenvalue weighted by atomic mass is 16.4. The molecule has 0 aliphatic rings. The van der Waals surface area contributed by atoms with Gasteiger partial charge in [0.05, 0.1) is 5.57 Å². The molecule has 5 N–H and O–H groups in total. The van der Waals surface area contributed by atoms with E-state index in [1.165, 1.54) is 18.2 Å². The van der Waals surface area contributed by atoms with E-state index in [1.54, 1.807) is 24.3 Å². The van der Waals surface area contributed by atoms with Gasteiger partial charge in [-0.05, 0) is 35.9 Å². The van der Waals surface area contributed by atoms with Crippen molar-refractivity contribution in [2.24, 2.45) is 0 Å². The SMILES string of the molecule is Nc1ccc(/C(=C/c2ccc(O)cc2O)C(=O)O)cc1. The van der Waals surface area contributed by atoms with Crippen LogP contribution < -0.4 is 5.73 Å². The molecule has 0 amide bonds. The summed E-state index contributed by atoms with van der Waals surface area (Å²) in [4.78, 5) is 11.3. The molecular formula is C15H13NO4. The average Bonchev–Trinajstić information content (AvgIpc) is 2.39. The molecule has 0 aliphatic carbocycles. The van der Waals surface area contributed by atoms with Gasteiger partial charge in [-0.25, -0.2) is 4.79 Å². The summed E-state index contributed by atoms with van der Waals surface area (Å²) >= 11 is 0.